The van der Waals surface area contributed by atoms with Crippen molar-refractivity contribution in [2.24, 2.45) is 5.92 Å². The number of carbonyl (C=O) groups excluding carboxylic acids is 2. The van der Waals surface area contributed by atoms with E-state index in [-0.39, 0.29) is 17.7 Å². The number of hydrogen-bond donors (Lipinski definition) is 1. The summed E-state index contributed by atoms with van der Waals surface area (Å²) in [4.78, 5) is 27.5. The number of benzene rings is 1. The zero-order valence-electron chi connectivity index (χ0n) is 15.8. The van der Waals surface area contributed by atoms with Gasteiger partial charge in [0, 0.05) is 31.5 Å². The van der Waals surface area contributed by atoms with E-state index >= 15 is 0 Å². The Bertz CT molecular complexity index is 658. The molecule has 2 saturated heterocycles. The molecule has 6 nitrogen and oxygen atoms in total. The lowest BCUT2D eigenvalue weighted by atomic mass is 9.98. The van der Waals surface area contributed by atoms with Gasteiger partial charge in [0.15, 0.2) is 5.79 Å². The number of amides is 2. The number of likely N-dealkylation sites (tertiary alicyclic amines) is 1. The van der Waals surface area contributed by atoms with Crippen molar-refractivity contribution in [2.75, 3.05) is 26.3 Å². The molecule has 0 aromatic heterocycles. The van der Waals surface area contributed by atoms with Crippen LogP contribution in [0.25, 0.3) is 0 Å². The second kappa shape index (κ2) is 7.76. The van der Waals surface area contributed by atoms with E-state index in [4.69, 9.17) is 9.47 Å². The van der Waals surface area contributed by atoms with Gasteiger partial charge < -0.3 is 19.7 Å². The van der Waals surface area contributed by atoms with Crippen molar-refractivity contribution < 1.29 is 19.1 Å². The molecule has 2 heterocycles. The lowest BCUT2D eigenvalue weighted by molar-refractivity contribution is -0.188. The van der Waals surface area contributed by atoms with Gasteiger partial charge in [-0.25, -0.2) is 0 Å². The SMILES string of the molecule is Cc1ccccc1C(=O)NC(C(=O)N1CCC2(CC1)OCCO2)C(C)C. The van der Waals surface area contributed by atoms with Gasteiger partial charge in [0.05, 0.1) is 13.2 Å². The van der Waals surface area contributed by atoms with Crippen LogP contribution in [0.15, 0.2) is 24.3 Å². The van der Waals surface area contributed by atoms with Crippen molar-refractivity contribution in [3.8, 4) is 0 Å². The summed E-state index contributed by atoms with van der Waals surface area (Å²) in [7, 11) is 0. The fourth-order valence-electron chi connectivity index (χ4n) is 3.61. The molecule has 1 aromatic rings. The minimum Gasteiger partial charge on any atom is -0.347 e. The summed E-state index contributed by atoms with van der Waals surface area (Å²) in [6, 6.07) is 6.87. The minimum atomic E-state index is -0.540. The van der Waals surface area contributed by atoms with Crippen LogP contribution in [0.5, 0.6) is 0 Å². The number of aryl methyl sites for hydroxylation is 1. The van der Waals surface area contributed by atoms with E-state index in [9.17, 15) is 9.59 Å². The van der Waals surface area contributed by atoms with Crippen molar-refractivity contribution in [1.82, 2.24) is 10.2 Å². The fourth-order valence-corrected chi connectivity index (χ4v) is 3.61. The predicted octanol–water partition coefficient (Wildman–Crippen LogP) is 2.11. The van der Waals surface area contributed by atoms with Crippen LogP contribution in [-0.4, -0.2) is 54.8 Å². The van der Waals surface area contributed by atoms with Crippen LogP contribution in [0.1, 0.15) is 42.6 Å². The highest BCUT2D eigenvalue weighted by atomic mass is 16.7. The Morgan fingerprint density at radius 2 is 1.73 bits per heavy atom. The summed E-state index contributed by atoms with van der Waals surface area (Å²) in [5, 5.41) is 2.94. The molecule has 2 amide bonds. The van der Waals surface area contributed by atoms with Gasteiger partial charge in [-0.1, -0.05) is 32.0 Å². The first-order valence-corrected chi connectivity index (χ1v) is 9.35. The molecule has 2 aliphatic heterocycles. The van der Waals surface area contributed by atoms with E-state index in [1.165, 1.54) is 0 Å². The van der Waals surface area contributed by atoms with Crippen molar-refractivity contribution in [2.45, 2.75) is 45.4 Å². The molecule has 1 spiro atoms. The number of nitrogens with one attached hydrogen (secondary N) is 1. The highest BCUT2D eigenvalue weighted by Crippen LogP contribution is 2.31. The first-order valence-electron chi connectivity index (χ1n) is 9.35. The van der Waals surface area contributed by atoms with Crippen LogP contribution in [0.2, 0.25) is 0 Å². The van der Waals surface area contributed by atoms with Crippen molar-refractivity contribution in [3.05, 3.63) is 35.4 Å². The Morgan fingerprint density at radius 3 is 2.31 bits per heavy atom. The average molecular weight is 360 g/mol. The van der Waals surface area contributed by atoms with E-state index < -0.39 is 11.8 Å². The summed E-state index contributed by atoms with van der Waals surface area (Å²) in [5.74, 6) is -0.736. The Hall–Kier alpha value is -1.92. The molecule has 142 valence electrons. The van der Waals surface area contributed by atoms with Crippen LogP contribution in [0, 0.1) is 12.8 Å². The van der Waals surface area contributed by atoms with Gasteiger partial charge in [-0.05, 0) is 24.5 Å². The summed E-state index contributed by atoms with van der Waals surface area (Å²) in [6.45, 7) is 8.21. The lowest BCUT2D eigenvalue weighted by Gasteiger charge is -2.39. The highest BCUT2D eigenvalue weighted by molar-refractivity contribution is 5.98. The predicted molar refractivity (Wildman–Crippen MR) is 97.7 cm³/mol. The summed E-state index contributed by atoms with van der Waals surface area (Å²) < 4.78 is 11.4. The topological polar surface area (TPSA) is 67.9 Å². The van der Waals surface area contributed by atoms with Gasteiger partial charge in [0.2, 0.25) is 5.91 Å². The maximum atomic E-state index is 13.0. The Kier molecular flexibility index (Phi) is 5.63. The van der Waals surface area contributed by atoms with E-state index in [1.54, 1.807) is 6.07 Å². The molecule has 0 bridgehead atoms. The molecule has 1 unspecified atom stereocenters. The van der Waals surface area contributed by atoms with Crippen LogP contribution in [-0.2, 0) is 14.3 Å². The Balaban J connectivity index is 1.65. The quantitative estimate of drug-likeness (QED) is 0.893. The zero-order chi connectivity index (χ0) is 18.7. The number of rotatable bonds is 4. The molecule has 1 atom stereocenters. The zero-order valence-corrected chi connectivity index (χ0v) is 15.8. The smallest absolute Gasteiger partial charge is 0.252 e. The van der Waals surface area contributed by atoms with Crippen LogP contribution >= 0.6 is 0 Å². The van der Waals surface area contributed by atoms with Crippen LogP contribution in [0.4, 0.5) is 0 Å². The molecule has 0 aliphatic carbocycles. The lowest BCUT2D eigenvalue weighted by Crippen LogP contribution is -2.55. The third-order valence-electron chi connectivity index (χ3n) is 5.26. The number of carbonyl (C=O) groups is 2. The minimum absolute atomic E-state index is 0.00494. The second-order valence-corrected chi connectivity index (χ2v) is 7.44. The van der Waals surface area contributed by atoms with Crippen LogP contribution < -0.4 is 5.32 Å². The average Bonchev–Trinajstić information content (AvgIpc) is 3.07. The van der Waals surface area contributed by atoms with Crippen molar-refractivity contribution in [1.29, 1.82) is 0 Å². The first-order chi connectivity index (χ1) is 12.4. The summed E-state index contributed by atoms with van der Waals surface area (Å²) in [6.07, 6.45) is 1.35. The highest BCUT2D eigenvalue weighted by Gasteiger charge is 2.42. The fraction of sp³-hybridized carbons (Fsp3) is 0.600. The molecule has 0 saturated carbocycles. The van der Waals surface area contributed by atoms with Crippen molar-refractivity contribution in [3.63, 3.8) is 0 Å². The third kappa shape index (κ3) is 3.91. The molecule has 6 heteroatoms. The number of piperidine rings is 1. The van der Waals surface area contributed by atoms with Gasteiger partial charge in [0.1, 0.15) is 6.04 Å². The molecule has 2 fully saturated rings. The second-order valence-electron chi connectivity index (χ2n) is 7.44. The summed E-state index contributed by atoms with van der Waals surface area (Å²) >= 11 is 0. The van der Waals surface area contributed by atoms with E-state index in [2.05, 4.69) is 5.32 Å². The summed E-state index contributed by atoms with van der Waals surface area (Å²) in [5.41, 5.74) is 1.51. The monoisotopic (exact) mass is 360 g/mol. The molecule has 26 heavy (non-hydrogen) atoms. The Morgan fingerprint density at radius 1 is 1.12 bits per heavy atom. The molecule has 1 aromatic carbocycles. The molecule has 1 N–H and O–H groups in total. The van der Waals surface area contributed by atoms with Gasteiger partial charge in [-0.3, -0.25) is 9.59 Å². The van der Waals surface area contributed by atoms with Crippen molar-refractivity contribution >= 4 is 11.8 Å². The Labute approximate surface area is 154 Å². The molecular formula is C20H28N2O4. The molecule has 0 radical (unpaired) electrons. The van der Waals surface area contributed by atoms with E-state index in [0.717, 1.165) is 5.56 Å². The van der Waals surface area contributed by atoms with E-state index in [1.807, 2.05) is 43.9 Å². The van der Waals surface area contributed by atoms with Gasteiger partial charge in [-0.2, -0.15) is 0 Å². The maximum absolute atomic E-state index is 13.0. The van der Waals surface area contributed by atoms with E-state index in [0.29, 0.717) is 44.7 Å². The first kappa shape index (κ1) is 18.9. The largest absolute Gasteiger partial charge is 0.347 e. The third-order valence-corrected chi connectivity index (χ3v) is 5.26. The van der Waals surface area contributed by atoms with Gasteiger partial charge in [0.25, 0.3) is 5.91 Å². The molecule has 3 rings (SSSR count). The standard InChI is InChI=1S/C20H28N2O4/c1-14(2)17(21-18(23)16-7-5-4-6-15(16)3)19(24)22-10-8-20(9-11-22)25-12-13-26-20/h4-7,14,17H,8-13H2,1-3H3,(H,21,23). The van der Waals surface area contributed by atoms with Gasteiger partial charge in [-0.15, -0.1) is 0 Å². The van der Waals surface area contributed by atoms with Crippen LogP contribution in [0.3, 0.4) is 0 Å². The normalized spacial score (nSPS) is 20.4. The molecule has 2 aliphatic rings. The number of ether oxygens (including phenoxy) is 2. The van der Waals surface area contributed by atoms with Gasteiger partial charge >= 0.3 is 0 Å². The molecular weight excluding hydrogens is 332 g/mol. The number of nitrogens with zero attached hydrogens (tertiary/aromatic N) is 1. The maximum Gasteiger partial charge on any atom is 0.252 e. The number of hydrogen-bond acceptors (Lipinski definition) is 4.